The summed E-state index contributed by atoms with van der Waals surface area (Å²) in [6.45, 7) is 6.76. The first kappa shape index (κ1) is 17.9. The predicted molar refractivity (Wildman–Crippen MR) is 87.9 cm³/mol. The Morgan fingerprint density at radius 1 is 1.38 bits per heavy atom. The lowest BCUT2D eigenvalue weighted by Crippen LogP contribution is -2.45. The Kier molecular flexibility index (Phi) is 4.91. The van der Waals surface area contributed by atoms with E-state index in [9.17, 15) is 18.8 Å². The van der Waals surface area contributed by atoms with Crippen molar-refractivity contribution >= 4 is 23.5 Å². The molecule has 2 N–H and O–H groups in total. The van der Waals surface area contributed by atoms with Crippen LogP contribution in [0.1, 0.15) is 32.8 Å². The SMILES string of the molecule is Cc1ccc(NC(=O)CN2C(=O)N[C@](C)(CC(C)C)C2=O)cc1F. The minimum Gasteiger partial charge on any atom is -0.324 e. The summed E-state index contributed by atoms with van der Waals surface area (Å²) in [4.78, 5) is 37.5. The number of imide groups is 1. The summed E-state index contributed by atoms with van der Waals surface area (Å²) in [5.74, 6) is -1.21. The third kappa shape index (κ3) is 3.72. The van der Waals surface area contributed by atoms with Gasteiger partial charge in [-0.25, -0.2) is 9.18 Å². The molecule has 1 aliphatic heterocycles. The van der Waals surface area contributed by atoms with Gasteiger partial charge in [0.1, 0.15) is 17.9 Å². The minimum absolute atomic E-state index is 0.212. The van der Waals surface area contributed by atoms with Crippen LogP contribution in [0.3, 0.4) is 0 Å². The number of carbonyl (C=O) groups excluding carboxylic acids is 3. The number of nitrogens with one attached hydrogen (secondary N) is 2. The minimum atomic E-state index is -0.999. The van der Waals surface area contributed by atoms with Gasteiger partial charge < -0.3 is 10.6 Å². The van der Waals surface area contributed by atoms with E-state index in [1.54, 1.807) is 26.0 Å². The van der Waals surface area contributed by atoms with Crippen LogP contribution in [0.4, 0.5) is 14.9 Å². The van der Waals surface area contributed by atoms with Crippen molar-refractivity contribution in [3.8, 4) is 0 Å². The average Bonchev–Trinajstić information content (AvgIpc) is 2.65. The Morgan fingerprint density at radius 3 is 2.62 bits per heavy atom. The van der Waals surface area contributed by atoms with Crippen molar-refractivity contribution in [2.24, 2.45) is 5.92 Å². The van der Waals surface area contributed by atoms with Gasteiger partial charge in [-0.1, -0.05) is 19.9 Å². The van der Waals surface area contributed by atoms with E-state index in [0.29, 0.717) is 12.0 Å². The van der Waals surface area contributed by atoms with Gasteiger partial charge in [-0.05, 0) is 43.9 Å². The summed E-state index contributed by atoms with van der Waals surface area (Å²) in [5.41, 5.74) is -0.256. The fourth-order valence-electron chi connectivity index (χ4n) is 2.86. The lowest BCUT2D eigenvalue weighted by molar-refractivity contribution is -0.133. The van der Waals surface area contributed by atoms with E-state index in [-0.39, 0.29) is 11.6 Å². The lowest BCUT2D eigenvalue weighted by atomic mass is 9.91. The number of benzene rings is 1. The Morgan fingerprint density at radius 2 is 2.04 bits per heavy atom. The third-order valence-corrected chi connectivity index (χ3v) is 3.92. The number of aryl methyl sites for hydroxylation is 1. The molecular weight excluding hydrogens is 313 g/mol. The van der Waals surface area contributed by atoms with Crippen LogP contribution < -0.4 is 10.6 Å². The van der Waals surface area contributed by atoms with Crippen LogP contribution in [0, 0.1) is 18.7 Å². The number of hydrogen-bond donors (Lipinski definition) is 2. The molecule has 7 heteroatoms. The normalized spacial score (nSPS) is 20.5. The summed E-state index contributed by atoms with van der Waals surface area (Å²) in [6.07, 6.45) is 0.485. The maximum Gasteiger partial charge on any atom is 0.325 e. The first-order chi connectivity index (χ1) is 11.1. The summed E-state index contributed by atoms with van der Waals surface area (Å²) < 4.78 is 13.5. The molecule has 1 aromatic rings. The van der Waals surface area contributed by atoms with Gasteiger partial charge in [0, 0.05) is 5.69 Å². The van der Waals surface area contributed by atoms with Gasteiger partial charge in [-0.3, -0.25) is 14.5 Å². The van der Waals surface area contributed by atoms with Gasteiger partial charge in [-0.2, -0.15) is 0 Å². The molecule has 1 heterocycles. The second kappa shape index (κ2) is 6.59. The smallest absolute Gasteiger partial charge is 0.324 e. The van der Waals surface area contributed by atoms with Crippen LogP contribution in [0.15, 0.2) is 18.2 Å². The van der Waals surface area contributed by atoms with Gasteiger partial charge in [0.05, 0.1) is 0 Å². The van der Waals surface area contributed by atoms with Crippen molar-refractivity contribution in [2.75, 3.05) is 11.9 Å². The maximum atomic E-state index is 13.5. The molecule has 0 aliphatic carbocycles. The topological polar surface area (TPSA) is 78.5 Å². The Balaban J connectivity index is 2.04. The molecule has 1 aromatic carbocycles. The second-order valence-corrected chi connectivity index (χ2v) is 6.76. The summed E-state index contributed by atoms with van der Waals surface area (Å²) in [5, 5.41) is 5.14. The molecule has 1 atom stereocenters. The molecule has 0 radical (unpaired) electrons. The van der Waals surface area contributed by atoms with E-state index in [4.69, 9.17) is 0 Å². The van der Waals surface area contributed by atoms with Crippen LogP contribution in [0.25, 0.3) is 0 Å². The number of carbonyl (C=O) groups is 3. The molecule has 6 nitrogen and oxygen atoms in total. The zero-order valence-corrected chi connectivity index (χ0v) is 14.3. The Labute approximate surface area is 140 Å². The molecule has 0 aromatic heterocycles. The van der Waals surface area contributed by atoms with Crippen molar-refractivity contribution in [1.82, 2.24) is 10.2 Å². The fraction of sp³-hybridized carbons (Fsp3) is 0.471. The molecule has 0 saturated carbocycles. The summed E-state index contributed by atoms with van der Waals surface area (Å²) in [6, 6.07) is 3.71. The quantitative estimate of drug-likeness (QED) is 0.811. The first-order valence-corrected chi connectivity index (χ1v) is 7.82. The molecule has 4 amide bonds. The van der Waals surface area contributed by atoms with E-state index in [1.807, 2.05) is 13.8 Å². The highest BCUT2D eigenvalue weighted by Gasteiger charge is 2.48. The third-order valence-electron chi connectivity index (χ3n) is 3.92. The second-order valence-electron chi connectivity index (χ2n) is 6.76. The van der Waals surface area contributed by atoms with E-state index in [1.165, 1.54) is 6.07 Å². The molecule has 0 spiro atoms. The number of halogens is 1. The van der Waals surface area contributed by atoms with Gasteiger partial charge in [0.25, 0.3) is 5.91 Å². The van der Waals surface area contributed by atoms with Crippen molar-refractivity contribution in [3.05, 3.63) is 29.6 Å². The Bertz CT molecular complexity index is 690. The molecule has 0 unspecified atom stereocenters. The van der Waals surface area contributed by atoms with Gasteiger partial charge in [-0.15, -0.1) is 0 Å². The van der Waals surface area contributed by atoms with Crippen molar-refractivity contribution in [3.63, 3.8) is 0 Å². The number of urea groups is 1. The number of anilines is 1. The number of hydrogen-bond acceptors (Lipinski definition) is 3. The molecule has 1 aliphatic rings. The van der Waals surface area contributed by atoms with Crippen molar-refractivity contribution < 1.29 is 18.8 Å². The highest BCUT2D eigenvalue weighted by Crippen LogP contribution is 2.25. The van der Waals surface area contributed by atoms with Crippen LogP contribution in [-0.2, 0) is 9.59 Å². The molecule has 1 fully saturated rings. The first-order valence-electron chi connectivity index (χ1n) is 7.82. The average molecular weight is 335 g/mol. The number of nitrogens with zero attached hydrogens (tertiary/aromatic N) is 1. The molecule has 2 rings (SSSR count). The van der Waals surface area contributed by atoms with Crippen molar-refractivity contribution in [1.29, 1.82) is 0 Å². The molecular formula is C17H22FN3O3. The van der Waals surface area contributed by atoms with E-state index in [2.05, 4.69) is 10.6 Å². The van der Waals surface area contributed by atoms with E-state index < -0.39 is 35.7 Å². The molecule has 24 heavy (non-hydrogen) atoms. The van der Waals surface area contributed by atoms with Crippen LogP contribution >= 0.6 is 0 Å². The van der Waals surface area contributed by atoms with Gasteiger partial charge in [0.2, 0.25) is 5.91 Å². The Hall–Kier alpha value is -2.44. The highest BCUT2D eigenvalue weighted by atomic mass is 19.1. The monoisotopic (exact) mass is 335 g/mol. The number of rotatable bonds is 5. The molecule has 1 saturated heterocycles. The standard InChI is InChI=1S/C17H22FN3O3/c1-10(2)8-17(4)15(23)21(16(24)20-17)9-14(22)19-12-6-5-11(3)13(18)7-12/h5-7,10H,8-9H2,1-4H3,(H,19,22)(H,20,24)/t17-/m1/s1. The van der Waals surface area contributed by atoms with Gasteiger partial charge in [0.15, 0.2) is 0 Å². The van der Waals surface area contributed by atoms with Crippen LogP contribution in [-0.4, -0.2) is 34.8 Å². The molecule has 130 valence electrons. The highest BCUT2D eigenvalue weighted by molar-refractivity contribution is 6.09. The van der Waals surface area contributed by atoms with E-state index in [0.717, 1.165) is 4.90 Å². The fourth-order valence-corrected chi connectivity index (χ4v) is 2.86. The van der Waals surface area contributed by atoms with Crippen molar-refractivity contribution in [2.45, 2.75) is 39.7 Å². The maximum absolute atomic E-state index is 13.5. The number of amides is 4. The van der Waals surface area contributed by atoms with Crippen LogP contribution in [0.5, 0.6) is 0 Å². The zero-order chi connectivity index (χ0) is 18.1. The lowest BCUT2D eigenvalue weighted by Gasteiger charge is -2.23. The van der Waals surface area contributed by atoms with Crippen LogP contribution in [0.2, 0.25) is 0 Å². The summed E-state index contributed by atoms with van der Waals surface area (Å²) in [7, 11) is 0. The van der Waals surface area contributed by atoms with Gasteiger partial charge >= 0.3 is 6.03 Å². The predicted octanol–water partition coefficient (Wildman–Crippen LogP) is 2.43. The largest absolute Gasteiger partial charge is 0.325 e. The summed E-state index contributed by atoms with van der Waals surface area (Å²) >= 11 is 0. The molecule has 0 bridgehead atoms. The zero-order valence-electron chi connectivity index (χ0n) is 14.3. The van der Waals surface area contributed by atoms with E-state index >= 15 is 0 Å².